The second-order valence-corrected chi connectivity index (χ2v) is 2.88. The van der Waals surface area contributed by atoms with Gasteiger partial charge in [-0.1, -0.05) is 6.08 Å². The van der Waals surface area contributed by atoms with Crippen LogP contribution in [0.1, 0.15) is 11.3 Å². The molecule has 1 rings (SSSR count). The molecule has 13 heavy (non-hydrogen) atoms. The van der Waals surface area contributed by atoms with E-state index in [0.29, 0.717) is 5.69 Å². The number of rotatable bonds is 4. The third-order valence-corrected chi connectivity index (χ3v) is 1.79. The topological polar surface area (TPSA) is 40.8 Å². The average Bonchev–Trinajstić information content (AvgIpc) is 2.47. The van der Waals surface area contributed by atoms with E-state index in [4.69, 9.17) is 5.26 Å². The van der Waals surface area contributed by atoms with Gasteiger partial charge < -0.3 is 9.88 Å². The molecule has 1 heterocycles. The number of nitrogens with zero attached hydrogens (tertiary/aromatic N) is 2. The lowest BCUT2D eigenvalue weighted by molar-refractivity contribution is 0.757. The van der Waals surface area contributed by atoms with E-state index < -0.39 is 0 Å². The number of aromatic nitrogens is 1. The first kappa shape index (κ1) is 9.56. The molecule has 1 N–H and O–H groups in total. The fourth-order valence-corrected chi connectivity index (χ4v) is 1.16. The lowest BCUT2D eigenvalue weighted by atomic mass is 10.3. The van der Waals surface area contributed by atoms with E-state index in [2.05, 4.69) is 18.0 Å². The maximum atomic E-state index is 8.70. The zero-order valence-electron chi connectivity index (χ0n) is 7.75. The van der Waals surface area contributed by atoms with Crippen LogP contribution in [-0.4, -0.2) is 11.1 Å². The summed E-state index contributed by atoms with van der Waals surface area (Å²) in [4.78, 5) is 0. The number of hydrogen-bond donors (Lipinski definition) is 1. The van der Waals surface area contributed by atoms with Crippen LogP contribution >= 0.6 is 0 Å². The van der Waals surface area contributed by atoms with E-state index in [1.165, 1.54) is 0 Å². The van der Waals surface area contributed by atoms with Crippen molar-refractivity contribution in [3.05, 3.63) is 36.2 Å². The van der Waals surface area contributed by atoms with Crippen molar-refractivity contribution in [2.45, 2.75) is 6.54 Å². The van der Waals surface area contributed by atoms with Gasteiger partial charge in [0.25, 0.3) is 0 Å². The van der Waals surface area contributed by atoms with Crippen molar-refractivity contribution in [2.75, 3.05) is 6.54 Å². The monoisotopic (exact) mass is 175 g/mol. The molecule has 0 fully saturated rings. The second-order valence-electron chi connectivity index (χ2n) is 2.88. The van der Waals surface area contributed by atoms with Crippen LogP contribution in [-0.2, 0) is 13.6 Å². The summed E-state index contributed by atoms with van der Waals surface area (Å²) in [7, 11) is 1.87. The minimum Gasteiger partial charge on any atom is -0.342 e. The quantitative estimate of drug-likeness (QED) is 0.551. The van der Waals surface area contributed by atoms with Gasteiger partial charge in [-0.2, -0.15) is 5.26 Å². The summed E-state index contributed by atoms with van der Waals surface area (Å²) >= 11 is 0. The summed E-state index contributed by atoms with van der Waals surface area (Å²) < 4.78 is 1.82. The van der Waals surface area contributed by atoms with Gasteiger partial charge in [0.05, 0.1) is 0 Å². The number of aryl methyl sites for hydroxylation is 1. The molecule has 0 amide bonds. The van der Waals surface area contributed by atoms with Crippen LogP contribution in [0.4, 0.5) is 0 Å². The fourth-order valence-electron chi connectivity index (χ4n) is 1.16. The van der Waals surface area contributed by atoms with E-state index >= 15 is 0 Å². The highest BCUT2D eigenvalue weighted by atomic mass is 14.9. The summed E-state index contributed by atoms with van der Waals surface area (Å²) in [5.41, 5.74) is 1.82. The van der Waals surface area contributed by atoms with Crippen molar-refractivity contribution in [2.24, 2.45) is 7.05 Å². The standard InChI is InChI=1S/C10H13N3/c1-3-4-12-7-9-5-10(6-11)13(2)8-9/h3,5,8,12H,1,4,7H2,2H3. The molecular weight excluding hydrogens is 162 g/mol. The Bertz CT molecular complexity index is 330. The maximum Gasteiger partial charge on any atom is 0.120 e. The van der Waals surface area contributed by atoms with Crippen molar-refractivity contribution >= 4 is 0 Å². The highest BCUT2D eigenvalue weighted by molar-refractivity contribution is 5.28. The summed E-state index contributed by atoms with van der Waals surface area (Å²) in [6.07, 6.45) is 3.77. The number of hydrogen-bond acceptors (Lipinski definition) is 2. The Balaban J connectivity index is 2.59. The predicted octanol–water partition coefficient (Wildman–Crippen LogP) is 1.17. The molecule has 0 bridgehead atoms. The Labute approximate surface area is 78.3 Å². The third kappa shape index (κ3) is 2.46. The van der Waals surface area contributed by atoms with Crippen LogP contribution in [0.5, 0.6) is 0 Å². The molecule has 0 atom stereocenters. The highest BCUT2D eigenvalue weighted by Gasteiger charge is 2.00. The van der Waals surface area contributed by atoms with Crippen LogP contribution in [0.3, 0.4) is 0 Å². The Morgan fingerprint density at radius 3 is 3.08 bits per heavy atom. The van der Waals surface area contributed by atoms with Crippen LogP contribution in [0.15, 0.2) is 24.9 Å². The Hall–Kier alpha value is -1.53. The Morgan fingerprint density at radius 2 is 2.54 bits per heavy atom. The second kappa shape index (κ2) is 4.48. The van der Waals surface area contributed by atoms with E-state index in [1.807, 2.05) is 30.0 Å². The van der Waals surface area contributed by atoms with E-state index in [9.17, 15) is 0 Å². The number of nitriles is 1. The lowest BCUT2D eigenvalue weighted by Crippen LogP contribution is -2.11. The highest BCUT2D eigenvalue weighted by Crippen LogP contribution is 2.05. The van der Waals surface area contributed by atoms with E-state index in [1.54, 1.807) is 0 Å². The van der Waals surface area contributed by atoms with Crippen molar-refractivity contribution in [1.82, 2.24) is 9.88 Å². The molecule has 0 aliphatic carbocycles. The lowest BCUT2D eigenvalue weighted by Gasteiger charge is -1.96. The largest absolute Gasteiger partial charge is 0.342 e. The molecule has 1 aromatic rings. The van der Waals surface area contributed by atoms with Crippen molar-refractivity contribution in [3.8, 4) is 6.07 Å². The molecule has 0 aliphatic rings. The van der Waals surface area contributed by atoms with Crippen LogP contribution in [0.25, 0.3) is 0 Å². The molecule has 3 nitrogen and oxygen atoms in total. The molecule has 68 valence electrons. The van der Waals surface area contributed by atoms with Gasteiger partial charge in [-0.3, -0.25) is 0 Å². The van der Waals surface area contributed by atoms with Crippen LogP contribution < -0.4 is 5.32 Å². The third-order valence-electron chi connectivity index (χ3n) is 1.79. The maximum absolute atomic E-state index is 8.70. The van der Waals surface area contributed by atoms with Gasteiger partial charge >= 0.3 is 0 Å². The summed E-state index contributed by atoms with van der Waals surface area (Å²) in [6.45, 7) is 5.18. The first-order valence-electron chi connectivity index (χ1n) is 4.15. The molecule has 3 heteroatoms. The minimum atomic E-state index is 0.690. The zero-order chi connectivity index (χ0) is 9.68. The van der Waals surface area contributed by atoms with Crippen molar-refractivity contribution in [3.63, 3.8) is 0 Å². The molecule has 0 saturated carbocycles. The molecule has 0 spiro atoms. The smallest absolute Gasteiger partial charge is 0.120 e. The van der Waals surface area contributed by atoms with Gasteiger partial charge in [0.1, 0.15) is 11.8 Å². The Morgan fingerprint density at radius 1 is 1.77 bits per heavy atom. The van der Waals surface area contributed by atoms with Gasteiger partial charge in [0.15, 0.2) is 0 Å². The summed E-state index contributed by atoms with van der Waals surface area (Å²) in [6, 6.07) is 4.01. The first-order valence-corrected chi connectivity index (χ1v) is 4.15. The molecular formula is C10H13N3. The van der Waals surface area contributed by atoms with Gasteiger partial charge in [-0.15, -0.1) is 6.58 Å². The minimum absolute atomic E-state index is 0.690. The summed E-state index contributed by atoms with van der Waals surface area (Å²) in [5.74, 6) is 0. The normalized spacial score (nSPS) is 9.54. The van der Waals surface area contributed by atoms with Crippen molar-refractivity contribution < 1.29 is 0 Å². The molecule has 0 radical (unpaired) electrons. The molecule has 0 aliphatic heterocycles. The molecule has 0 aromatic carbocycles. The average molecular weight is 175 g/mol. The SMILES string of the molecule is C=CCNCc1cc(C#N)n(C)c1. The fraction of sp³-hybridized carbons (Fsp3) is 0.300. The predicted molar refractivity (Wildman–Crippen MR) is 52.0 cm³/mol. The van der Waals surface area contributed by atoms with Gasteiger partial charge in [0, 0.05) is 26.3 Å². The van der Waals surface area contributed by atoms with Crippen LogP contribution in [0.2, 0.25) is 0 Å². The molecule has 0 saturated heterocycles. The van der Waals surface area contributed by atoms with E-state index in [0.717, 1.165) is 18.7 Å². The van der Waals surface area contributed by atoms with Crippen molar-refractivity contribution in [1.29, 1.82) is 5.26 Å². The Kier molecular flexibility index (Phi) is 3.30. The first-order chi connectivity index (χ1) is 6.27. The van der Waals surface area contributed by atoms with Gasteiger partial charge in [0.2, 0.25) is 0 Å². The zero-order valence-corrected chi connectivity index (χ0v) is 7.75. The summed E-state index contributed by atoms with van der Waals surface area (Å²) in [5, 5.41) is 11.9. The number of nitrogens with one attached hydrogen (secondary N) is 1. The van der Waals surface area contributed by atoms with E-state index in [-0.39, 0.29) is 0 Å². The van der Waals surface area contributed by atoms with Gasteiger partial charge in [-0.05, 0) is 11.6 Å². The van der Waals surface area contributed by atoms with Crippen LogP contribution in [0, 0.1) is 11.3 Å². The molecule has 1 aromatic heterocycles. The van der Waals surface area contributed by atoms with Gasteiger partial charge in [-0.25, -0.2) is 0 Å². The molecule has 0 unspecified atom stereocenters.